The first kappa shape index (κ1) is 7.21. The van der Waals surface area contributed by atoms with Crippen molar-refractivity contribution < 1.29 is 0 Å². The topological polar surface area (TPSA) is 0 Å². The Morgan fingerprint density at radius 2 is 1.56 bits per heavy atom. The summed E-state index contributed by atoms with van der Waals surface area (Å²) in [6.45, 7) is 4.37. The van der Waals surface area contributed by atoms with Crippen LogP contribution in [0.4, 0.5) is 0 Å². The first-order valence-electron chi connectivity index (χ1n) is 3.03. The second kappa shape index (κ2) is 2.79. The van der Waals surface area contributed by atoms with E-state index in [0.29, 0.717) is 0 Å². The predicted octanol–water partition coefficient (Wildman–Crippen LogP) is 0.562. The van der Waals surface area contributed by atoms with Gasteiger partial charge >= 0.3 is 71.2 Å². The number of hydrogen-bond donors (Lipinski definition) is 0. The molecule has 0 bridgehead atoms. The van der Waals surface area contributed by atoms with Gasteiger partial charge in [-0.2, -0.15) is 0 Å². The van der Waals surface area contributed by atoms with E-state index in [-0.39, 0.29) is 0 Å². The van der Waals surface area contributed by atoms with Crippen molar-refractivity contribution in [2.45, 2.75) is 13.8 Å². The van der Waals surface area contributed by atoms with E-state index in [9.17, 15) is 0 Å². The minimum atomic E-state index is 0.983. The molecule has 0 aromatic heterocycles. The van der Waals surface area contributed by atoms with Crippen molar-refractivity contribution in [3.05, 3.63) is 29.3 Å². The molecule has 1 aromatic rings. The fourth-order valence-electron chi connectivity index (χ4n) is 0.827. The summed E-state index contributed by atoms with van der Waals surface area (Å²) in [4.78, 5) is 0. The molecule has 48 valence electrons. The normalized spacial score (nSPS) is 9.67. The van der Waals surface area contributed by atoms with Crippen molar-refractivity contribution in [3.63, 3.8) is 0 Å². The second-order valence-electron chi connectivity index (χ2n) is 2.31. The molecular formula is C8H11Bi. The summed E-state index contributed by atoms with van der Waals surface area (Å²) in [5.41, 5.74) is 2.92. The second-order valence-corrected chi connectivity index (χ2v) is 4.55. The van der Waals surface area contributed by atoms with E-state index >= 15 is 0 Å². The minimum absolute atomic E-state index is 0.983. The van der Waals surface area contributed by atoms with Crippen molar-refractivity contribution in [1.29, 1.82) is 0 Å². The molecule has 0 spiro atoms. The van der Waals surface area contributed by atoms with Gasteiger partial charge in [0.15, 0.2) is 0 Å². The van der Waals surface area contributed by atoms with Gasteiger partial charge in [0.05, 0.1) is 0 Å². The molecule has 1 rings (SSSR count). The Hall–Kier alpha value is 0.103. The first-order valence-corrected chi connectivity index (χ1v) is 5.28. The molecule has 0 aliphatic carbocycles. The van der Waals surface area contributed by atoms with E-state index in [1.54, 1.807) is 3.27 Å². The van der Waals surface area contributed by atoms with Crippen LogP contribution in [-0.2, 0) is 0 Å². The number of aryl methyl sites for hydroxylation is 2. The van der Waals surface area contributed by atoms with Crippen LogP contribution in [0.25, 0.3) is 0 Å². The third kappa shape index (κ3) is 1.52. The summed E-state index contributed by atoms with van der Waals surface area (Å²) < 4.78 is 1.58. The van der Waals surface area contributed by atoms with Crippen LogP contribution in [0.1, 0.15) is 11.1 Å². The third-order valence-electron chi connectivity index (χ3n) is 1.54. The summed E-state index contributed by atoms with van der Waals surface area (Å²) in [6, 6.07) is 6.49. The fourth-order valence-corrected chi connectivity index (χ4v) is 1.58. The monoisotopic (exact) mass is 316 g/mol. The first-order chi connectivity index (χ1) is 4.22. The van der Waals surface area contributed by atoms with Crippen LogP contribution in [0.3, 0.4) is 0 Å². The molecule has 0 atom stereocenters. The summed E-state index contributed by atoms with van der Waals surface area (Å²) in [5, 5.41) is 0. The molecular weight excluding hydrogens is 305 g/mol. The van der Waals surface area contributed by atoms with Crippen LogP contribution in [0.15, 0.2) is 18.2 Å². The van der Waals surface area contributed by atoms with Crippen LogP contribution in [0, 0.1) is 13.8 Å². The third-order valence-corrected chi connectivity index (χ3v) is 5.08. The number of rotatable bonds is 0. The van der Waals surface area contributed by atoms with Crippen molar-refractivity contribution in [2.75, 3.05) is 0 Å². The van der Waals surface area contributed by atoms with Gasteiger partial charge in [0.25, 0.3) is 0 Å². The Bertz CT molecular complexity index is 196. The molecule has 0 unspecified atom stereocenters. The summed E-state index contributed by atoms with van der Waals surface area (Å²) in [6.07, 6.45) is 0. The molecule has 0 fully saturated rings. The van der Waals surface area contributed by atoms with Crippen molar-refractivity contribution in [3.8, 4) is 0 Å². The SMILES string of the molecule is Cc1cccc(C)[c]1[BiH2]. The number of hydrogen-bond acceptors (Lipinski definition) is 0. The van der Waals surface area contributed by atoms with E-state index in [4.69, 9.17) is 0 Å². The number of benzene rings is 1. The summed E-state index contributed by atoms with van der Waals surface area (Å²) in [7, 11) is 0. The zero-order valence-electron chi connectivity index (χ0n) is 5.81. The van der Waals surface area contributed by atoms with Crippen LogP contribution < -0.4 is 3.27 Å². The molecule has 0 radical (unpaired) electrons. The molecule has 9 heavy (non-hydrogen) atoms. The van der Waals surface area contributed by atoms with Crippen molar-refractivity contribution >= 4 is 28.0 Å². The summed E-state index contributed by atoms with van der Waals surface area (Å²) in [5.74, 6) is 0. The van der Waals surface area contributed by atoms with Gasteiger partial charge in [0.1, 0.15) is 0 Å². The molecule has 1 heteroatoms. The van der Waals surface area contributed by atoms with Crippen molar-refractivity contribution in [2.24, 2.45) is 0 Å². The standard InChI is InChI=1S/C8H9.Bi.2H/c1-7-4-3-5-8(2)6-7;;;/h3-5H,1-2H3;;;. The average molecular weight is 316 g/mol. The molecule has 0 heterocycles. The maximum absolute atomic E-state index is 2.18. The molecule has 0 amide bonds. The van der Waals surface area contributed by atoms with Gasteiger partial charge in [-0.05, 0) is 0 Å². The zero-order chi connectivity index (χ0) is 6.85. The quantitative estimate of drug-likeness (QED) is 0.614. The van der Waals surface area contributed by atoms with Gasteiger partial charge in [0, 0.05) is 0 Å². The molecule has 0 N–H and O–H groups in total. The Kier molecular flexibility index (Phi) is 2.24. The average Bonchev–Trinajstić information content (AvgIpc) is 1.83. The fraction of sp³-hybridized carbons (Fsp3) is 0.250. The Balaban J connectivity index is 3.25. The van der Waals surface area contributed by atoms with E-state index in [2.05, 4.69) is 32.0 Å². The Morgan fingerprint density at radius 1 is 1.11 bits per heavy atom. The van der Waals surface area contributed by atoms with Gasteiger partial charge in [-0.25, -0.2) is 0 Å². The van der Waals surface area contributed by atoms with Gasteiger partial charge < -0.3 is 0 Å². The molecule has 0 aliphatic rings. The van der Waals surface area contributed by atoms with Crippen LogP contribution in [0.5, 0.6) is 0 Å². The van der Waals surface area contributed by atoms with E-state index in [0.717, 1.165) is 24.7 Å². The van der Waals surface area contributed by atoms with Crippen molar-refractivity contribution in [1.82, 2.24) is 0 Å². The van der Waals surface area contributed by atoms with Gasteiger partial charge in [0.2, 0.25) is 0 Å². The molecule has 0 nitrogen and oxygen atoms in total. The summed E-state index contributed by atoms with van der Waals surface area (Å²) >= 11 is 0.983. The van der Waals surface area contributed by atoms with Gasteiger partial charge in [-0.1, -0.05) is 0 Å². The van der Waals surface area contributed by atoms with Gasteiger partial charge in [-0.15, -0.1) is 0 Å². The Morgan fingerprint density at radius 3 is 1.89 bits per heavy atom. The van der Waals surface area contributed by atoms with Crippen LogP contribution in [0.2, 0.25) is 0 Å². The molecule has 0 saturated heterocycles. The van der Waals surface area contributed by atoms with E-state index < -0.39 is 0 Å². The maximum atomic E-state index is 2.18. The van der Waals surface area contributed by atoms with Gasteiger partial charge in [-0.3, -0.25) is 0 Å². The Labute approximate surface area is 71.1 Å². The zero-order valence-corrected chi connectivity index (χ0v) is 10.3. The molecule has 1 aromatic carbocycles. The molecule has 0 saturated carbocycles. The predicted molar refractivity (Wildman–Crippen MR) is 44.1 cm³/mol. The van der Waals surface area contributed by atoms with E-state index in [1.807, 2.05) is 0 Å². The molecule has 0 aliphatic heterocycles. The van der Waals surface area contributed by atoms with Crippen LogP contribution >= 0.6 is 0 Å². The van der Waals surface area contributed by atoms with E-state index in [1.165, 1.54) is 11.1 Å². The van der Waals surface area contributed by atoms with Crippen LogP contribution in [-0.4, -0.2) is 24.7 Å².